The Bertz CT molecular complexity index is 370. The molecule has 0 fully saturated rings. The molecule has 0 amide bonds. The van der Waals surface area contributed by atoms with Gasteiger partial charge in [0.05, 0.1) is 30.9 Å². The van der Waals surface area contributed by atoms with Crippen molar-refractivity contribution in [1.29, 1.82) is 0 Å². The van der Waals surface area contributed by atoms with Gasteiger partial charge < -0.3 is 9.52 Å². The molecular formula is C19H39O3P2+. The lowest BCUT2D eigenvalue weighted by molar-refractivity contribution is 0.0662. The van der Waals surface area contributed by atoms with E-state index in [9.17, 15) is 4.79 Å². The van der Waals surface area contributed by atoms with E-state index in [0.29, 0.717) is 0 Å². The second-order valence-electron chi connectivity index (χ2n) is 6.17. The number of hydrogen-bond acceptors (Lipinski definition) is 2. The van der Waals surface area contributed by atoms with Gasteiger partial charge in [-0.05, 0) is 38.3 Å². The van der Waals surface area contributed by atoms with Crippen molar-refractivity contribution < 1.29 is 14.3 Å². The fourth-order valence-corrected chi connectivity index (χ4v) is 7.27. The zero-order valence-electron chi connectivity index (χ0n) is 16.2. The smallest absolute Gasteiger partial charge is 0.371 e. The third-order valence-electron chi connectivity index (χ3n) is 4.36. The molecule has 0 aliphatic carbocycles. The van der Waals surface area contributed by atoms with Crippen molar-refractivity contribution in [3.8, 4) is 0 Å². The van der Waals surface area contributed by atoms with E-state index in [1.165, 1.54) is 63.1 Å². The molecule has 0 radical (unpaired) electrons. The molecule has 5 heteroatoms. The molecule has 0 aliphatic heterocycles. The van der Waals surface area contributed by atoms with Crippen molar-refractivity contribution >= 4 is 23.1 Å². The van der Waals surface area contributed by atoms with Crippen LogP contribution in [0.1, 0.15) is 76.8 Å². The number of rotatable bonds is 11. The highest BCUT2D eigenvalue weighted by Gasteiger charge is 2.32. The Morgan fingerprint density at radius 3 is 1.67 bits per heavy atom. The summed E-state index contributed by atoms with van der Waals surface area (Å²) in [5.41, 5.74) is 0. The number of carboxylic acid groups (broad SMARTS) is 1. The van der Waals surface area contributed by atoms with Crippen LogP contribution in [0.5, 0.6) is 0 Å². The van der Waals surface area contributed by atoms with Gasteiger partial charge in [0.1, 0.15) is 0 Å². The van der Waals surface area contributed by atoms with E-state index < -0.39 is 13.2 Å². The van der Waals surface area contributed by atoms with E-state index in [2.05, 4.69) is 32.1 Å². The second kappa shape index (κ2) is 16.1. The molecule has 0 bridgehead atoms. The summed E-state index contributed by atoms with van der Waals surface area (Å²) in [5, 5.41) is 8.18. The molecule has 1 rings (SSSR count). The maximum Gasteiger partial charge on any atom is 0.371 e. The predicted molar refractivity (Wildman–Crippen MR) is 114 cm³/mol. The largest absolute Gasteiger partial charge is 0.475 e. The maximum atomic E-state index is 9.97. The average Bonchev–Trinajstić information content (AvgIpc) is 3.10. The Morgan fingerprint density at radius 2 is 1.46 bits per heavy atom. The first kappa shape index (κ1) is 25.8. The summed E-state index contributed by atoms with van der Waals surface area (Å²) in [6, 6.07) is 2.92. The van der Waals surface area contributed by atoms with Crippen molar-refractivity contribution in [2.75, 3.05) is 24.6 Å². The maximum absolute atomic E-state index is 9.97. The van der Waals surface area contributed by atoms with E-state index in [4.69, 9.17) is 5.11 Å². The molecule has 0 saturated heterocycles. The lowest BCUT2D eigenvalue weighted by Crippen LogP contribution is -2.11. The van der Waals surface area contributed by atoms with Crippen LogP contribution in [0.3, 0.4) is 0 Å². The van der Waals surface area contributed by atoms with Gasteiger partial charge in [-0.1, -0.05) is 40.0 Å². The minimum Gasteiger partial charge on any atom is -0.475 e. The highest BCUT2D eigenvalue weighted by molar-refractivity contribution is 7.75. The topological polar surface area (TPSA) is 50.4 Å². The molecule has 1 atom stereocenters. The monoisotopic (exact) mass is 377 g/mol. The van der Waals surface area contributed by atoms with Gasteiger partial charge in [-0.3, -0.25) is 0 Å². The van der Waals surface area contributed by atoms with Crippen molar-refractivity contribution in [1.82, 2.24) is 0 Å². The molecule has 1 unspecified atom stereocenters. The van der Waals surface area contributed by atoms with Crippen LogP contribution in [0, 0.1) is 0 Å². The number of hydrogen-bond donors (Lipinski definition) is 1. The molecule has 0 spiro atoms. The van der Waals surface area contributed by atoms with E-state index in [1.54, 1.807) is 18.5 Å². The summed E-state index contributed by atoms with van der Waals surface area (Å²) < 4.78 is 4.50. The summed E-state index contributed by atoms with van der Waals surface area (Å²) in [7, 11) is -0.527. The van der Waals surface area contributed by atoms with Gasteiger partial charge >= 0.3 is 5.97 Å². The van der Waals surface area contributed by atoms with Crippen LogP contribution >= 0.6 is 17.2 Å². The summed E-state index contributed by atoms with van der Waals surface area (Å²) in [6.45, 7) is 9.46. The van der Waals surface area contributed by atoms with Gasteiger partial charge in [0.25, 0.3) is 0 Å². The Balaban J connectivity index is 0. The molecule has 0 aromatic carbocycles. The first-order valence-electron chi connectivity index (χ1n) is 9.17. The van der Waals surface area contributed by atoms with Crippen LogP contribution in [0.25, 0.3) is 0 Å². The molecule has 0 saturated carbocycles. The fraction of sp³-hybridized carbons (Fsp3) is 0.737. The minimum absolute atomic E-state index is 0. The third-order valence-corrected chi connectivity index (χ3v) is 9.50. The Kier molecular flexibility index (Phi) is 17.3. The molecule has 0 aliphatic rings. The van der Waals surface area contributed by atoms with Crippen LogP contribution in [0.15, 0.2) is 22.8 Å². The van der Waals surface area contributed by atoms with E-state index in [0.717, 1.165) is 0 Å². The number of carboxylic acids is 1. The van der Waals surface area contributed by atoms with Crippen molar-refractivity contribution in [3.05, 3.63) is 24.2 Å². The van der Waals surface area contributed by atoms with Gasteiger partial charge in [0, 0.05) is 7.26 Å². The molecule has 24 heavy (non-hydrogen) atoms. The number of carbonyl (C=O) groups is 1. The highest BCUT2D eigenvalue weighted by atomic mass is 31.2. The number of furan rings is 1. The molecular weight excluding hydrogens is 338 g/mol. The molecule has 142 valence electrons. The summed E-state index contributed by atoms with van der Waals surface area (Å²) >= 11 is 0. The lowest BCUT2D eigenvalue weighted by Gasteiger charge is -2.26. The van der Waals surface area contributed by atoms with Crippen molar-refractivity contribution in [3.63, 3.8) is 0 Å². The Labute approximate surface area is 152 Å². The second-order valence-corrected chi connectivity index (χ2v) is 10.8. The summed E-state index contributed by atoms with van der Waals surface area (Å²) in [5.74, 6) is -1.06. The van der Waals surface area contributed by atoms with Crippen LogP contribution in [-0.4, -0.2) is 35.7 Å². The molecule has 3 nitrogen and oxygen atoms in total. The summed E-state index contributed by atoms with van der Waals surface area (Å²) in [4.78, 5) is 9.97. The van der Waals surface area contributed by atoms with E-state index >= 15 is 0 Å². The average molecular weight is 377 g/mol. The SMILES string of the molecule is CCCC[P+](CC)(CCCC)CCCC.O=C(O)c1ccco1.P. The van der Waals surface area contributed by atoms with Gasteiger partial charge in [0.2, 0.25) is 5.76 Å². The van der Waals surface area contributed by atoms with Gasteiger partial charge in [0.15, 0.2) is 0 Å². The molecule has 1 N–H and O–H groups in total. The summed E-state index contributed by atoms with van der Waals surface area (Å²) in [6.07, 6.45) is 16.2. The number of aromatic carboxylic acids is 1. The standard InChI is InChI=1S/C14H32P.C5H4O3.H3P/c1-5-9-12-15(8-4,13-10-6-2)14-11-7-3;6-5(7)4-2-1-3-8-4;/h5-14H2,1-4H3;1-3H,(H,6,7);1H3/q+1;;. The van der Waals surface area contributed by atoms with Gasteiger partial charge in [-0.15, -0.1) is 0 Å². The van der Waals surface area contributed by atoms with Crippen LogP contribution in [-0.2, 0) is 0 Å². The predicted octanol–water partition coefficient (Wildman–Crippen LogP) is 6.46. The zero-order chi connectivity index (χ0) is 17.6. The molecule has 1 aromatic heterocycles. The first-order valence-corrected chi connectivity index (χ1v) is 11.7. The van der Waals surface area contributed by atoms with Crippen LogP contribution in [0.4, 0.5) is 0 Å². The van der Waals surface area contributed by atoms with Gasteiger partial charge in [-0.25, -0.2) is 4.79 Å². The lowest BCUT2D eigenvalue weighted by atomic mass is 10.4. The van der Waals surface area contributed by atoms with Crippen molar-refractivity contribution in [2.24, 2.45) is 0 Å². The van der Waals surface area contributed by atoms with Gasteiger partial charge in [-0.2, -0.15) is 9.90 Å². The normalized spacial score (nSPS) is 10.5. The van der Waals surface area contributed by atoms with Crippen LogP contribution in [0.2, 0.25) is 0 Å². The highest BCUT2D eigenvalue weighted by Crippen LogP contribution is 2.60. The Hall–Kier alpha value is -0.390. The van der Waals surface area contributed by atoms with Crippen molar-refractivity contribution in [2.45, 2.75) is 66.2 Å². The van der Waals surface area contributed by atoms with E-state index in [-0.39, 0.29) is 15.7 Å². The van der Waals surface area contributed by atoms with E-state index in [1.807, 2.05) is 0 Å². The fourth-order valence-electron chi connectivity index (χ4n) is 2.69. The third kappa shape index (κ3) is 11.2. The molecule has 1 heterocycles. The molecule has 1 aromatic rings. The Morgan fingerprint density at radius 1 is 1.00 bits per heavy atom. The van der Waals surface area contributed by atoms with Crippen LogP contribution < -0.4 is 0 Å². The number of unbranched alkanes of at least 4 members (excludes halogenated alkanes) is 3. The first-order chi connectivity index (χ1) is 11.0. The quantitative estimate of drug-likeness (QED) is 0.450. The minimum atomic E-state index is -1.03. The zero-order valence-corrected chi connectivity index (χ0v) is 18.5.